The quantitative estimate of drug-likeness (QED) is 0.545. The van der Waals surface area contributed by atoms with Gasteiger partial charge >= 0.3 is 0 Å². The number of fused-ring (bicyclic) bond motifs is 1. The summed E-state index contributed by atoms with van der Waals surface area (Å²) < 4.78 is 2.00. The van der Waals surface area contributed by atoms with Gasteiger partial charge in [0.1, 0.15) is 0 Å². The fraction of sp³-hybridized carbons (Fsp3) is 0.600. The minimum Gasteiger partial charge on any atom is -0.321 e. The molecule has 1 aromatic carbocycles. The van der Waals surface area contributed by atoms with Crippen molar-refractivity contribution in [3.8, 4) is 0 Å². The Labute approximate surface area is 190 Å². The highest BCUT2D eigenvalue weighted by Crippen LogP contribution is 2.35. The van der Waals surface area contributed by atoms with Gasteiger partial charge < -0.3 is 4.98 Å². The van der Waals surface area contributed by atoms with Gasteiger partial charge in [-0.1, -0.05) is 44.9 Å². The van der Waals surface area contributed by atoms with Gasteiger partial charge in [0.2, 0.25) is 0 Å². The summed E-state index contributed by atoms with van der Waals surface area (Å²) in [4.78, 5) is 18.7. The van der Waals surface area contributed by atoms with Crippen LogP contribution >= 0.6 is 0 Å². The molecule has 0 saturated heterocycles. The summed E-state index contributed by atoms with van der Waals surface area (Å²) in [5.41, 5.74) is 2.66. The van der Waals surface area contributed by atoms with Gasteiger partial charge in [0.25, 0.3) is 5.56 Å². The van der Waals surface area contributed by atoms with Crippen LogP contribution in [-0.2, 0) is 12.1 Å². The van der Waals surface area contributed by atoms with Crippen LogP contribution in [0.5, 0.6) is 0 Å². The molecule has 1 saturated carbocycles. The lowest BCUT2D eigenvalue weighted by Crippen LogP contribution is -2.40. The highest BCUT2D eigenvalue weighted by molar-refractivity contribution is 5.81. The van der Waals surface area contributed by atoms with Crippen molar-refractivity contribution in [3.63, 3.8) is 0 Å². The highest BCUT2D eigenvalue weighted by Gasteiger charge is 2.35. The van der Waals surface area contributed by atoms with Gasteiger partial charge in [-0.2, -0.15) is 0 Å². The number of aromatic nitrogens is 5. The van der Waals surface area contributed by atoms with Crippen LogP contribution in [0.4, 0.5) is 0 Å². The van der Waals surface area contributed by atoms with Crippen LogP contribution in [0.3, 0.4) is 0 Å². The number of nitrogens with one attached hydrogen (secondary N) is 1. The van der Waals surface area contributed by atoms with Gasteiger partial charge in [0.15, 0.2) is 5.82 Å². The fourth-order valence-corrected chi connectivity index (χ4v) is 5.02. The molecule has 1 unspecified atom stereocenters. The third-order valence-corrected chi connectivity index (χ3v) is 7.33. The zero-order valence-corrected chi connectivity index (χ0v) is 20.1. The molecular weight excluding hydrogens is 400 g/mol. The summed E-state index contributed by atoms with van der Waals surface area (Å²) >= 11 is 0. The molecule has 0 amide bonds. The molecule has 1 aliphatic carbocycles. The molecule has 2 heterocycles. The fourth-order valence-electron chi connectivity index (χ4n) is 5.02. The number of pyridine rings is 1. The Morgan fingerprint density at radius 2 is 2.00 bits per heavy atom. The van der Waals surface area contributed by atoms with E-state index in [9.17, 15) is 4.79 Å². The second-order valence-corrected chi connectivity index (χ2v) is 9.81. The van der Waals surface area contributed by atoms with Gasteiger partial charge in [-0.15, -0.1) is 5.10 Å². The van der Waals surface area contributed by atoms with E-state index in [1.54, 1.807) is 0 Å². The summed E-state index contributed by atoms with van der Waals surface area (Å²) in [5, 5.41) is 14.0. The van der Waals surface area contributed by atoms with Crippen molar-refractivity contribution in [2.45, 2.75) is 97.3 Å². The number of aromatic amines is 1. The Kier molecular flexibility index (Phi) is 6.47. The Morgan fingerprint density at radius 1 is 1.25 bits per heavy atom. The van der Waals surface area contributed by atoms with E-state index in [0.717, 1.165) is 53.5 Å². The molecule has 1 aliphatic rings. The number of hydrogen-bond donors (Lipinski definition) is 1. The van der Waals surface area contributed by atoms with Crippen LogP contribution in [0.15, 0.2) is 29.1 Å². The topological polar surface area (TPSA) is 79.7 Å². The second kappa shape index (κ2) is 9.14. The lowest BCUT2D eigenvalue weighted by molar-refractivity contribution is 0.106. The first-order chi connectivity index (χ1) is 15.4. The van der Waals surface area contributed by atoms with Crippen molar-refractivity contribution in [2.24, 2.45) is 0 Å². The molecule has 7 heteroatoms. The van der Waals surface area contributed by atoms with Crippen LogP contribution in [-0.4, -0.2) is 36.1 Å². The van der Waals surface area contributed by atoms with Crippen molar-refractivity contribution < 1.29 is 0 Å². The second-order valence-electron chi connectivity index (χ2n) is 9.81. The smallest absolute Gasteiger partial charge is 0.252 e. The number of nitrogens with zero attached hydrogens (tertiary/aromatic N) is 5. The average molecular weight is 437 g/mol. The minimum atomic E-state index is -0.161. The van der Waals surface area contributed by atoms with Gasteiger partial charge in [-0.05, 0) is 73.9 Å². The van der Waals surface area contributed by atoms with Gasteiger partial charge in [-0.25, -0.2) is 4.68 Å². The molecule has 0 radical (unpaired) electrons. The molecule has 4 rings (SSSR count). The van der Waals surface area contributed by atoms with Gasteiger partial charge in [-0.3, -0.25) is 9.69 Å². The van der Waals surface area contributed by atoms with Crippen molar-refractivity contribution in [1.82, 2.24) is 30.1 Å². The highest BCUT2D eigenvalue weighted by atomic mass is 16.1. The van der Waals surface area contributed by atoms with E-state index < -0.39 is 0 Å². The van der Waals surface area contributed by atoms with Crippen LogP contribution < -0.4 is 5.56 Å². The van der Waals surface area contributed by atoms with E-state index in [2.05, 4.69) is 65.2 Å². The van der Waals surface area contributed by atoms with E-state index in [0.29, 0.717) is 12.6 Å². The average Bonchev–Trinajstić information content (AvgIpc) is 3.47. The maximum absolute atomic E-state index is 13.1. The van der Waals surface area contributed by atoms with Crippen molar-refractivity contribution in [2.75, 3.05) is 0 Å². The largest absolute Gasteiger partial charge is 0.321 e. The minimum absolute atomic E-state index is 0.00173. The van der Waals surface area contributed by atoms with E-state index >= 15 is 0 Å². The zero-order valence-electron chi connectivity index (χ0n) is 20.1. The van der Waals surface area contributed by atoms with Gasteiger partial charge in [0.05, 0.1) is 17.1 Å². The van der Waals surface area contributed by atoms with Gasteiger partial charge in [0, 0.05) is 18.2 Å². The first-order valence-corrected chi connectivity index (χ1v) is 12.0. The summed E-state index contributed by atoms with van der Waals surface area (Å²) in [7, 11) is 0. The monoisotopic (exact) mass is 436 g/mol. The van der Waals surface area contributed by atoms with Crippen LogP contribution in [0.1, 0.15) is 89.2 Å². The predicted octanol–water partition coefficient (Wildman–Crippen LogP) is 4.86. The molecule has 1 N–H and O–H groups in total. The molecule has 0 aliphatic heterocycles. The molecule has 1 atom stereocenters. The Balaban J connectivity index is 1.76. The number of rotatable bonds is 8. The summed E-state index contributed by atoms with van der Waals surface area (Å²) in [6, 6.07) is 8.71. The molecule has 32 heavy (non-hydrogen) atoms. The van der Waals surface area contributed by atoms with Crippen LogP contribution in [0, 0.1) is 6.92 Å². The van der Waals surface area contributed by atoms with Crippen LogP contribution in [0.2, 0.25) is 0 Å². The molecule has 0 bridgehead atoms. The molecule has 172 valence electrons. The summed E-state index contributed by atoms with van der Waals surface area (Å²) in [6.45, 7) is 11.3. The van der Waals surface area contributed by atoms with Crippen molar-refractivity contribution >= 4 is 10.9 Å². The van der Waals surface area contributed by atoms with E-state index in [4.69, 9.17) is 0 Å². The summed E-state index contributed by atoms with van der Waals surface area (Å²) in [5.74, 6) is 0.902. The maximum Gasteiger partial charge on any atom is 0.252 e. The Hall–Kier alpha value is -2.54. The lowest BCUT2D eigenvalue weighted by atomic mass is 10.00. The van der Waals surface area contributed by atoms with E-state index in [1.165, 1.54) is 12.8 Å². The number of aryl methyl sites for hydroxylation is 1. The number of hydrogen-bond acceptors (Lipinski definition) is 5. The standard InChI is InChI=1S/C25H36N6O/c1-6-21(23-27-28-29-31(23)25(4,5)7-2)30(20-13-8-9-14-20)16-19-15-18-12-10-11-17(3)22(18)26-24(19)32/h10-12,15,20-21H,6-9,13-14,16H2,1-5H3,(H,26,32). The maximum atomic E-state index is 13.1. The van der Waals surface area contributed by atoms with Crippen molar-refractivity contribution in [3.05, 3.63) is 51.6 Å². The zero-order chi connectivity index (χ0) is 22.9. The normalized spacial score (nSPS) is 16.3. The third-order valence-electron chi connectivity index (χ3n) is 7.33. The first-order valence-electron chi connectivity index (χ1n) is 12.0. The molecule has 3 aromatic rings. The lowest BCUT2D eigenvalue weighted by Gasteiger charge is -2.36. The predicted molar refractivity (Wildman–Crippen MR) is 128 cm³/mol. The number of tetrazole rings is 1. The number of benzene rings is 1. The Morgan fingerprint density at radius 3 is 2.69 bits per heavy atom. The number of para-hydroxylation sites is 1. The third kappa shape index (κ3) is 4.22. The number of H-pyrrole nitrogens is 1. The molecular formula is C25H36N6O. The van der Waals surface area contributed by atoms with Crippen LogP contribution in [0.25, 0.3) is 10.9 Å². The molecule has 7 nitrogen and oxygen atoms in total. The first kappa shape index (κ1) is 22.6. The molecule has 1 fully saturated rings. The Bertz CT molecular complexity index is 1120. The molecule has 2 aromatic heterocycles. The SMILES string of the molecule is CCC(c1nnnn1C(C)(C)CC)N(Cc1cc2cccc(C)c2[nH]c1=O)C1CCCC1. The summed E-state index contributed by atoms with van der Waals surface area (Å²) in [6.07, 6.45) is 6.60. The molecule has 0 spiro atoms. The van der Waals surface area contributed by atoms with Crippen molar-refractivity contribution in [1.29, 1.82) is 0 Å². The van der Waals surface area contributed by atoms with E-state index in [1.807, 2.05) is 23.7 Å². The van der Waals surface area contributed by atoms with E-state index in [-0.39, 0.29) is 17.1 Å².